The van der Waals surface area contributed by atoms with E-state index in [1.807, 2.05) is 0 Å². The summed E-state index contributed by atoms with van der Waals surface area (Å²) >= 11 is 0. The van der Waals surface area contributed by atoms with Gasteiger partial charge in [-0.15, -0.1) is 0 Å². The molecule has 0 aromatic carbocycles. The van der Waals surface area contributed by atoms with Crippen molar-refractivity contribution in [1.29, 1.82) is 0 Å². The maximum absolute atomic E-state index is 12.4. The maximum Gasteiger partial charge on any atom is 0.226 e. The number of hydrogen-bond donors (Lipinski definition) is 3. The first-order valence-corrected chi connectivity index (χ1v) is 10.1. The van der Waals surface area contributed by atoms with Gasteiger partial charge in [0.25, 0.3) is 0 Å². The van der Waals surface area contributed by atoms with Crippen molar-refractivity contribution < 1.29 is 33.9 Å². The van der Waals surface area contributed by atoms with E-state index in [0.29, 0.717) is 0 Å². The molecule has 30 heavy (non-hydrogen) atoms. The van der Waals surface area contributed by atoms with Crippen LogP contribution in [0.25, 0.3) is 0 Å². The summed E-state index contributed by atoms with van der Waals surface area (Å²) in [5.74, 6) is -4.29. The molecule has 0 aromatic rings. The molecule has 5 atom stereocenters. The Labute approximate surface area is 177 Å². The Hall–Kier alpha value is -2.42. The molecule has 0 aliphatic carbocycles. The minimum Gasteiger partial charge on any atom is -0.396 e. The van der Waals surface area contributed by atoms with E-state index in [1.54, 1.807) is 13.8 Å². The molecule has 9 nitrogen and oxygen atoms in total. The molecule has 0 saturated carbocycles. The van der Waals surface area contributed by atoms with Gasteiger partial charge in [-0.1, -0.05) is 13.8 Å². The fourth-order valence-corrected chi connectivity index (χ4v) is 2.65. The van der Waals surface area contributed by atoms with Crippen molar-refractivity contribution in [2.24, 2.45) is 17.8 Å². The van der Waals surface area contributed by atoms with Gasteiger partial charge < -0.3 is 20.5 Å². The molecule has 170 valence electrons. The lowest BCUT2D eigenvalue weighted by molar-refractivity contribution is -0.135. The van der Waals surface area contributed by atoms with E-state index in [4.69, 9.17) is 0 Å². The third-order valence-corrected chi connectivity index (χ3v) is 4.96. The third kappa shape index (κ3) is 9.87. The van der Waals surface area contributed by atoms with Crippen LogP contribution in [0, 0.1) is 17.8 Å². The standard InChI is InChI=1S/C21H34N2O7/c1-11(16(6)26)8-18(27)14(4)23-21(30)17(10-24)9-19(28)15(5)22-20(29)12(2)7-13(3)25/h11-12,14-15,17,24H,7-10H2,1-6H3,(H,22,29)(H,23,30)/t11-,12-,14+,15+,17+/m1/s1. The fraction of sp³-hybridized carbons (Fsp3) is 0.714. The zero-order chi connectivity index (χ0) is 23.6. The van der Waals surface area contributed by atoms with Crippen LogP contribution in [0.4, 0.5) is 0 Å². The Kier molecular flexibility index (Phi) is 11.9. The second-order valence-corrected chi connectivity index (χ2v) is 8.00. The summed E-state index contributed by atoms with van der Waals surface area (Å²) in [7, 11) is 0. The molecule has 0 aromatic heterocycles. The average Bonchev–Trinajstić information content (AvgIpc) is 2.64. The molecule has 0 rings (SSSR count). The number of nitrogens with one attached hydrogen (secondary N) is 2. The zero-order valence-electron chi connectivity index (χ0n) is 18.6. The summed E-state index contributed by atoms with van der Waals surface area (Å²) in [6.07, 6.45) is -0.279. The number of ketones is 4. The largest absolute Gasteiger partial charge is 0.396 e. The molecule has 0 unspecified atom stereocenters. The van der Waals surface area contributed by atoms with Crippen molar-refractivity contribution in [2.45, 2.75) is 72.9 Å². The summed E-state index contributed by atoms with van der Waals surface area (Å²) in [6, 6.07) is -1.77. The molecular weight excluding hydrogens is 392 g/mol. The highest BCUT2D eigenvalue weighted by Crippen LogP contribution is 2.10. The van der Waals surface area contributed by atoms with Crippen LogP contribution >= 0.6 is 0 Å². The van der Waals surface area contributed by atoms with E-state index in [9.17, 15) is 33.9 Å². The van der Waals surface area contributed by atoms with Gasteiger partial charge in [-0.2, -0.15) is 0 Å². The van der Waals surface area contributed by atoms with E-state index in [2.05, 4.69) is 10.6 Å². The quantitative estimate of drug-likeness (QED) is 0.363. The lowest BCUT2D eigenvalue weighted by Crippen LogP contribution is -2.46. The minimum absolute atomic E-state index is 0.0129. The van der Waals surface area contributed by atoms with Gasteiger partial charge in [0, 0.05) is 31.1 Å². The van der Waals surface area contributed by atoms with Gasteiger partial charge in [0.15, 0.2) is 11.6 Å². The van der Waals surface area contributed by atoms with E-state index < -0.39 is 54.0 Å². The van der Waals surface area contributed by atoms with Crippen molar-refractivity contribution >= 4 is 34.9 Å². The van der Waals surface area contributed by atoms with Gasteiger partial charge in [0.1, 0.15) is 11.6 Å². The number of amides is 2. The Balaban J connectivity index is 4.77. The van der Waals surface area contributed by atoms with Crippen LogP contribution < -0.4 is 10.6 Å². The summed E-state index contributed by atoms with van der Waals surface area (Å²) in [6.45, 7) is 8.28. The number of carbonyl (C=O) groups excluding carboxylic acids is 6. The Bertz CT molecular complexity index is 674. The van der Waals surface area contributed by atoms with Crippen LogP contribution in [-0.4, -0.2) is 58.7 Å². The van der Waals surface area contributed by atoms with Gasteiger partial charge in [-0.25, -0.2) is 0 Å². The first-order chi connectivity index (χ1) is 13.8. The number of Topliss-reactive ketones (excluding diaryl/α,β-unsaturated/α-hetero) is 4. The molecule has 0 aliphatic heterocycles. The van der Waals surface area contributed by atoms with Crippen LogP contribution in [0.2, 0.25) is 0 Å². The normalized spacial score (nSPS) is 15.8. The van der Waals surface area contributed by atoms with Crippen molar-refractivity contribution in [3.63, 3.8) is 0 Å². The molecule has 0 aliphatic rings. The fourth-order valence-electron chi connectivity index (χ4n) is 2.65. The van der Waals surface area contributed by atoms with E-state index >= 15 is 0 Å². The van der Waals surface area contributed by atoms with Crippen LogP contribution in [0.3, 0.4) is 0 Å². The van der Waals surface area contributed by atoms with Crippen LogP contribution in [0.1, 0.15) is 60.8 Å². The van der Waals surface area contributed by atoms with Crippen molar-refractivity contribution in [3.8, 4) is 0 Å². The van der Waals surface area contributed by atoms with Crippen molar-refractivity contribution in [1.82, 2.24) is 10.6 Å². The van der Waals surface area contributed by atoms with Gasteiger partial charge in [0.2, 0.25) is 11.8 Å². The molecule has 0 saturated heterocycles. The highest BCUT2D eigenvalue weighted by Gasteiger charge is 2.28. The highest BCUT2D eigenvalue weighted by molar-refractivity contribution is 5.95. The van der Waals surface area contributed by atoms with E-state index in [0.717, 1.165) is 0 Å². The molecule has 3 N–H and O–H groups in total. The predicted molar refractivity (Wildman–Crippen MR) is 109 cm³/mol. The summed E-state index contributed by atoms with van der Waals surface area (Å²) in [5.41, 5.74) is 0. The number of carbonyl (C=O) groups is 6. The lowest BCUT2D eigenvalue weighted by Gasteiger charge is -2.21. The van der Waals surface area contributed by atoms with Crippen molar-refractivity contribution in [2.75, 3.05) is 6.61 Å². The highest BCUT2D eigenvalue weighted by atomic mass is 16.3. The van der Waals surface area contributed by atoms with Gasteiger partial charge in [0.05, 0.1) is 24.6 Å². The molecule has 9 heteroatoms. The second kappa shape index (κ2) is 13.0. The van der Waals surface area contributed by atoms with Crippen LogP contribution in [-0.2, 0) is 28.8 Å². The molecule has 0 fully saturated rings. The van der Waals surface area contributed by atoms with Gasteiger partial charge >= 0.3 is 0 Å². The molecule has 2 amide bonds. The van der Waals surface area contributed by atoms with Crippen LogP contribution in [0.15, 0.2) is 0 Å². The molecule has 0 radical (unpaired) electrons. The van der Waals surface area contributed by atoms with E-state index in [1.165, 1.54) is 27.7 Å². The number of rotatable bonds is 14. The Morgan fingerprint density at radius 1 is 0.700 bits per heavy atom. The minimum atomic E-state index is -1.08. The predicted octanol–water partition coefficient (Wildman–Crippen LogP) is 0.363. The molecule has 0 heterocycles. The van der Waals surface area contributed by atoms with Crippen molar-refractivity contribution in [3.05, 3.63) is 0 Å². The smallest absolute Gasteiger partial charge is 0.226 e. The topological polar surface area (TPSA) is 147 Å². The summed E-state index contributed by atoms with van der Waals surface area (Å²) in [5, 5.41) is 14.5. The summed E-state index contributed by atoms with van der Waals surface area (Å²) in [4.78, 5) is 71.3. The van der Waals surface area contributed by atoms with Gasteiger partial charge in [-0.05, 0) is 27.7 Å². The first kappa shape index (κ1) is 27.6. The SMILES string of the molecule is CC(=O)C[C@@H](C)C(=O)N[C@@H](C)C(=O)C[C@@H](CO)C(=O)N[C@@H](C)C(=O)C[C@@H](C)C(C)=O. The Morgan fingerprint density at radius 2 is 1.17 bits per heavy atom. The average molecular weight is 427 g/mol. The molecular formula is C21H34N2O7. The second-order valence-electron chi connectivity index (χ2n) is 8.00. The number of aliphatic hydroxyl groups excluding tert-OH is 1. The van der Waals surface area contributed by atoms with Crippen LogP contribution in [0.5, 0.6) is 0 Å². The zero-order valence-corrected chi connectivity index (χ0v) is 18.6. The Morgan fingerprint density at radius 3 is 1.60 bits per heavy atom. The third-order valence-electron chi connectivity index (χ3n) is 4.96. The molecule has 0 spiro atoms. The van der Waals surface area contributed by atoms with Gasteiger partial charge in [-0.3, -0.25) is 24.0 Å². The first-order valence-electron chi connectivity index (χ1n) is 10.1. The number of aliphatic hydroxyl groups is 1. The summed E-state index contributed by atoms with van der Waals surface area (Å²) < 4.78 is 0. The molecule has 0 bridgehead atoms. The lowest BCUT2D eigenvalue weighted by atomic mass is 9.96. The maximum atomic E-state index is 12.4. The monoisotopic (exact) mass is 426 g/mol. The van der Waals surface area contributed by atoms with E-state index in [-0.39, 0.29) is 36.6 Å². The number of hydrogen-bond acceptors (Lipinski definition) is 7.